The lowest BCUT2D eigenvalue weighted by Gasteiger charge is -2.22. The molecule has 3 rings (SSSR count). The normalized spacial score (nSPS) is 23.0. The third-order valence-electron chi connectivity index (χ3n) is 4.21. The van der Waals surface area contributed by atoms with Crippen molar-refractivity contribution in [1.82, 2.24) is 0 Å². The molecule has 0 radical (unpaired) electrons. The Labute approximate surface area is 141 Å². The summed E-state index contributed by atoms with van der Waals surface area (Å²) in [4.78, 5) is 12.8. The summed E-state index contributed by atoms with van der Waals surface area (Å²) in [5.41, 5.74) is 2.08. The van der Waals surface area contributed by atoms with Gasteiger partial charge in [0.25, 0.3) is 0 Å². The molecule has 0 aromatic heterocycles. The van der Waals surface area contributed by atoms with Crippen LogP contribution < -0.4 is 0 Å². The van der Waals surface area contributed by atoms with Gasteiger partial charge in [0, 0.05) is 19.8 Å². The first kappa shape index (κ1) is 17.1. The zero-order valence-electron chi connectivity index (χ0n) is 13.8. The summed E-state index contributed by atoms with van der Waals surface area (Å²) in [6.07, 6.45) is -0.910. The molecular weight excluding hydrogens is 327 g/mol. The van der Waals surface area contributed by atoms with Crippen LogP contribution in [0.4, 0.5) is 0 Å². The number of carbonyl (C=O) groups is 1. The molecule has 1 fully saturated rings. The monoisotopic (exact) mass is 346 g/mol. The van der Waals surface area contributed by atoms with Crippen molar-refractivity contribution in [3.8, 4) is 0 Å². The Morgan fingerprint density at radius 2 is 1.75 bits per heavy atom. The molecule has 0 aliphatic carbocycles. The highest BCUT2D eigenvalue weighted by Gasteiger charge is 2.74. The second-order valence-electron chi connectivity index (χ2n) is 5.66. The highest BCUT2D eigenvalue weighted by Crippen LogP contribution is 2.74. The number of epoxide rings is 1. The van der Waals surface area contributed by atoms with E-state index >= 15 is 0 Å². The summed E-state index contributed by atoms with van der Waals surface area (Å²) in [5.74, 6) is -0.244. The van der Waals surface area contributed by atoms with E-state index in [9.17, 15) is 9.36 Å². The number of hydrogen-bond donors (Lipinski definition) is 0. The van der Waals surface area contributed by atoms with Crippen molar-refractivity contribution in [3.05, 3.63) is 71.3 Å². The first-order valence-corrected chi connectivity index (χ1v) is 9.08. The van der Waals surface area contributed by atoms with E-state index in [1.807, 2.05) is 31.2 Å². The van der Waals surface area contributed by atoms with Crippen LogP contribution in [0.2, 0.25) is 0 Å². The van der Waals surface area contributed by atoms with E-state index in [1.54, 1.807) is 30.3 Å². The molecule has 1 heterocycles. The Bertz CT molecular complexity index is 796. The van der Waals surface area contributed by atoms with E-state index in [2.05, 4.69) is 0 Å². The fourth-order valence-corrected chi connectivity index (χ4v) is 4.72. The molecule has 1 saturated heterocycles. The molecule has 6 heteroatoms. The number of hydrogen-bond acceptors (Lipinski definition) is 5. The molecule has 2 atom stereocenters. The van der Waals surface area contributed by atoms with Crippen LogP contribution >= 0.6 is 7.60 Å². The second kappa shape index (κ2) is 6.26. The minimum absolute atomic E-state index is 0.244. The molecule has 0 unspecified atom stereocenters. The Balaban J connectivity index is 2.07. The van der Waals surface area contributed by atoms with Gasteiger partial charge >= 0.3 is 7.60 Å². The topological polar surface area (TPSA) is 65.1 Å². The Kier molecular flexibility index (Phi) is 4.45. The lowest BCUT2D eigenvalue weighted by atomic mass is 10.0. The van der Waals surface area contributed by atoms with Gasteiger partial charge in [0.05, 0.1) is 0 Å². The predicted molar refractivity (Wildman–Crippen MR) is 90.1 cm³/mol. The average Bonchev–Trinajstić information content (AvgIpc) is 3.38. The number of ketones is 1. The third-order valence-corrected chi connectivity index (χ3v) is 6.58. The van der Waals surface area contributed by atoms with Crippen molar-refractivity contribution in [1.29, 1.82) is 0 Å². The maximum atomic E-state index is 13.2. The van der Waals surface area contributed by atoms with Crippen molar-refractivity contribution in [2.45, 2.75) is 18.4 Å². The van der Waals surface area contributed by atoms with Crippen LogP contribution in [0.1, 0.15) is 21.5 Å². The molecule has 2 aromatic carbocycles. The van der Waals surface area contributed by atoms with Gasteiger partial charge in [-0.2, -0.15) is 0 Å². The van der Waals surface area contributed by atoms with E-state index in [0.717, 1.165) is 5.56 Å². The number of aryl methyl sites for hydroxylation is 1. The zero-order chi connectivity index (χ0) is 17.4. The van der Waals surface area contributed by atoms with Crippen molar-refractivity contribution in [2.75, 3.05) is 14.2 Å². The largest absolute Gasteiger partial charge is 0.369 e. The molecule has 1 aliphatic heterocycles. The van der Waals surface area contributed by atoms with Crippen LogP contribution in [-0.4, -0.2) is 26.1 Å². The fourth-order valence-electron chi connectivity index (χ4n) is 2.93. The minimum atomic E-state index is -3.69. The zero-order valence-corrected chi connectivity index (χ0v) is 14.7. The Morgan fingerprint density at radius 1 is 1.08 bits per heavy atom. The summed E-state index contributed by atoms with van der Waals surface area (Å²) in [6.45, 7) is 1.91. The molecular formula is C18H19O5P. The summed E-state index contributed by atoms with van der Waals surface area (Å²) >= 11 is 0. The lowest BCUT2D eigenvalue weighted by Crippen LogP contribution is -2.21. The summed E-state index contributed by atoms with van der Waals surface area (Å²) in [7, 11) is -1.09. The third kappa shape index (κ3) is 2.54. The number of benzene rings is 2. The molecule has 1 aliphatic rings. The maximum absolute atomic E-state index is 13.2. The quantitative estimate of drug-likeness (QED) is 0.451. The number of rotatable bonds is 6. The van der Waals surface area contributed by atoms with Gasteiger partial charge in [0.1, 0.15) is 0 Å². The molecule has 126 valence electrons. The smallest absolute Gasteiger partial charge is 0.339 e. The van der Waals surface area contributed by atoms with E-state index in [-0.39, 0.29) is 5.78 Å². The molecule has 0 saturated carbocycles. The highest BCUT2D eigenvalue weighted by molar-refractivity contribution is 7.55. The highest BCUT2D eigenvalue weighted by atomic mass is 31.2. The van der Waals surface area contributed by atoms with Gasteiger partial charge in [-0.1, -0.05) is 60.2 Å². The van der Waals surface area contributed by atoms with Crippen molar-refractivity contribution < 1.29 is 23.1 Å². The summed E-state index contributed by atoms with van der Waals surface area (Å²) in [6, 6.07) is 16.1. The lowest BCUT2D eigenvalue weighted by molar-refractivity contribution is 0.0953. The van der Waals surface area contributed by atoms with Gasteiger partial charge in [-0.25, -0.2) is 0 Å². The van der Waals surface area contributed by atoms with Gasteiger partial charge < -0.3 is 13.8 Å². The summed E-state index contributed by atoms with van der Waals surface area (Å²) in [5, 5.41) is -1.41. The molecule has 0 amide bonds. The number of ether oxygens (including phenoxy) is 1. The van der Waals surface area contributed by atoms with E-state index in [4.69, 9.17) is 13.8 Å². The van der Waals surface area contributed by atoms with Crippen LogP contribution in [0.3, 0.4) is 0 Å². The average molecular weight is 346 g/mol. The molecule has 0 spiro atoms. The summed E-state index contributed by atoms with van der Waals surface area (Å²) < 4.78 is 29.3. The first-order valence-electron chi connectivity index (χ1n) is 7.54. The van der Waals surface area contributed by atoms with Crippen molar-refractivity contribution in [3.63, 3.8) is 0 Å². The Morgan fingerprint density at radius 3 is 2.33 bits per heavy atom. The van der Waals surface area contributed by atoms with Crippen molar-refractivity contribution >= 4 is 13.4 Å². The van der Waals surface area contributed by atoms with Gasteiger partial charge in [-0.3, -0.25) is 9.36 Å². The van der Waals surface area contributed by atoms with Gasteiger partial charge in [0.15, 0.2) is 11.9 Å². The Hall–Kier alpha value is -1.78. The second-order valence-corrected chi connectivity index (χ2v) is 8.05. The predicted octanol–water partition coefficient (Wildman–Crippen LogP) is 3.92. The molecule has 24 heavy (non-hydrogen) atoms. The SMILES string of the molecule is COP(=O)(OC)[C@]1(c2cccc(C)c2)O[C@@H]1C(=O)c1ccccc1. The molecule has 5 nitrogen and oxygen atoms in total. The first-order chi connectivity index (χ1) is 11.5. The standard InChI is InChI=1S/C18H19O5P/c1-13-8-7-11-15(12-13)18(24(20,21-2)22-3)17(23-18)16(19)14-9-5-4-6-10-14/h4-12,17H,1-3H3/t17-,18+/m1/s1. The van der Waals surface area contributed by atoms with Crippen LogP contribution in [0.5, 0.6) is 0 Å². The number of carbonyl (C=O) groups excluding carboxylic acids is 1. The molecule has 0 bridgehead atoms. The van der Waals surface area contributed by atoms with Gasteiger partial charge in [-0.15, -0.1) is 0 Å². The van der Waals surface area contributed by atoms with Gasteiger partial charge in [0.2, 0.25) is 5.34 Å². The maximum Gasteiger partial charge on any atom is 0.369 e. The van der Waals surface area contributed by atoms with Crippen LogP contribution in [0.25, 0.3) is 0 Å². The minimum Gasteiger partial charge on any atom is -0.339 e. The van der Waals surface area contributed by atoms with E-state index in [1.165, 1.54) is 14.2 Å². The van der Waals surface area contributed by atoms with Gasteiger partial charge in [-0.05, 0) is 12.5 Å². The molecule has 2 aromatic rings. The fraction of sp³-hybridized carbons (Fsp3) is 0.278. The van der Waals surface area contributed by atoms with E-state index < -0.39 is 19.0 Å². The van der Waals surface area contributed by atoms with Crippen LogP contribution in [-0.2, 0) is 23.7 Å². The number of Topliss-reactive ketones (excluding diaryl/α,β-unsaturated/α-hetero) is 1. The molecule has 0 N–H and O–H groups in total. The van der Waals surface area contributed by atoms with Crippen LogP contribution in [0.15, 0.2) is 54.6 Å². The van der Waals surface area contributed by atoms with E-state index in [0.29, 0.717) is 11.1 Å². The van der Waals surface area contributed by atoms with Crippen LogP contribution in [0, 0.1) is 6.92 Å². The van der Waals surface area contributed by atoms with Crippen molar-refractivity contribution in [2.24, 2.45) is 0 Å².